The zero-order valence-electron chi connectivity index (χ0n) is 9.18. The molecular weight excluding hydrogens is 217 g/mol. The topological polar surface area (TPSA) is 32.6 Å². The number of nitrogens with zero attached hydrogens (tertiary/aromatic N) is 1. The van der Waals surface area contributed by atoms with Crippen LogP contribution in [0.1, 0.15) is 11.1 Å². The van der Waals surface area contributed by atoms with Crippen molar-refractivity contribution in [2.24, 2.45) is 5.16 Å². The van der Waals surface area contributed by atoms with Gasteiger partial charge in [0.2, 0.25) is 0 Å². The monoisotopic (exact) mass is 229 g/mol. The minimum Gasteiger partial charge on any atom is -0.411 e. The van der Waals surface area contributed by atoms with Crippen LogP contribution in [0.25, 0.3) is 0 Å². The Morgan fingerprint density at radius 2 is 1.65 bits per heavy atom. The third-order valence-electron chi connectivity index (χ3n) is 2.54. The summed E-state index contributed by atoms with van der Waals surface area (Å²) in [5, 5.41) is 12.2. The zero-order valence-corrected chi connectivity index (χ0v) is 9.18. The van der Waals surface area contributed by atoms with E-state index < -0.39 is 0 Å². The highest BCUT2D eigenvalue weighted by Gasteiger charge is 2.08. The van der Waals surface area contributed by atoms with E-state index in [1.807, 2.05) is 30.3 Å². The Balaban J connectivity index is 2.26. The zero-order chi connectivity index (χ0) is 12.1. The number of halogens is 1. The summed E-state index contributed by atoms with van der Waals surface area (Å²) in [4.78, 5) is 0. The lowest BCUT2D eigenvalue weighted by molar-refractivity contribution is 0.318. The highest BCUT2D eigenvalue weighted by molar-refractivity contribution is 6.01. The van der Waals surface area contributed by atoms with Crippen LogP contribution in [0.3, 0.4) is 0 Å². The standard InChI is InChI=1S/C14H12FNO/c15-13-9-5-4-8-12(13)10-14(16-17)11-6-2-1-3-7-11/h1-9,17H,10H2. The van der Waals surface area contributed by atoms with E-state index in [1.54, 1.807) is 18.2 Å². The molecule has 0 saturated carbocycles. The first-order chi connectivity index (χ1) is 8.31. The van der Waals surface area contributed by atoms with E-state index in [9.17, 15) is 4.39 Å². The molecule has 2 nitrogen and oxygen atoms in total. The van der Waals surface area contributed by atoms with Gasteiger partial charge >= 0.3 is 0 Å². The summed E-state index contributed by atoms with van der Waals surface area (Å²) in [5.41, 5.74) is 1.76. The Labute approximate surface area is 99.0 Å². The largest absolute Gasteiger partial charge is 0.411 e. The molecular formula is C14H12FNO. The molecule has 0 fully saturated rings. The molecule has 0 aliphatic carbocycles. The van der Waals surface area contributed by atoms with Gasteiger partial charge in [0.1, 0.15) is 5.82 Å². The van der Waals surface area contributed by atoms with Crippen molar-refractivity contribution < 1.29 is 9.60 Å². The fourth-order valence-corrected chi connectivity index (χ4v) is 1.65. The molecule has 0 saturated heterocycles. The Hall–Kier alpha value is -2.16. The Morgan fingerprint density at radius 3 is 2.29 bits per heavy atom. The lowest BCUT2D eigenvalue weighted by Crippen LogP contribution is -2.06. The van der Waals surface area contributed by atoms with E-state index in [0.29, 0.717) is 11.3 Å². The molecule has 2 aromatic rings. The first-order valence-electron chi connectivity index (χ1n) is 5.31. The van der Waals surface area contributed by atoms with E-state index >= 15 is 0 Å². The van der Waals surface area contributed by atoms with Crippen molar-refractivity contribution >= 4 is 5.71 Å². The molecule has 17 heavy (non-hydrogen) atoms. The molecule has 2 rings (SSSR count). The number of benzene rings is 2. The molecule has 0 unspecified atom stereocenters. The summed E-state index contributed by atoms with van der Waals surface area (Å²) < 4.78 is 13.5. The van der Waals surface area contributed by atoms with Crippen molar-refractivity contribution in [1.82, 2.24) is 0 Å². The van der Waals surface area contributed by atoms with Gasteiger partial charge < -0.3 is 5.21 Å². The molecule has 0 bridgehead atoms. The second-order valence-corrected chi connectivity index (χ2v) is 3.68. The summed E-state index contributed by atoms with van der Waals surface area (Å²) >= 11 is 0. The molecule has 0 aromatic heterocycles. The van der Waals surface area contributed by atoms with E-state index in [0.717, 1.165) is 5.56 Å². The van der Waals surface area contributed by atoms with Crippen LogP contribution in [0, 0.1) is 5.82 Å². The Kier molecular flexibility index (Phi) is 3.50. The van der Waals surface area contributed by atoms with Crippen LogP contribution in [0.4, 0.5) is 4.39 Å². The van der Waals surface area contributed by atoms with Gasteiger partial charge in [0.25, 0.3) is 0 Å². The van der Waals surface area contributed by atoms with Crippen LogP contribution in [0.15, 0.2) is 59.8 Å². The number of hydrogen-bond acceptors (Lipinski definition) is 2. The maximum Gasteiger partial charge on any atom is 0.126 e. The molecule has 2 aromatic carbocycles. The summed E-state index contributed by atoms with van der Waals surface area (Å²) in [6, 6.07) is 15.7. The van der Waals surface area contributed by atoms with Crippen LogP contribution in [-0.2, 0) is 6.42 Å². The SMILES string of the molecule is ON=C(Cc1ccccc1F)c1ccccc1. The van der Waals surface area contributed by atoms with Gasteiger partial charge in [-0.1, -0.05) is 53.7 Å². The maximum atomic E-state index is 13.5. The van der Waals surface area contributed by atoms with Crippen molar-refractivity contribution in [1.29, 1.82) is 0 Å². The predicted molar refractivity (Wildman–Crippen MR) is 64.9 cm³/mol. The average molecular weight is 229 g/mol. The lowest BCUT2D eigenvalue weighted by Gasteiger charge is -2.05. The van der Waals surface area contributed by atoms with E-state index in [4.69, 9.17) is 5.21 Å². The molecule has 3 heteroatoms. The van der Waals surface area contributed by atoms with Crippen LogP contribution >= 0.6 is 0 Å². The van der Waals surface area contributed by atoms with Crippen molar-refractivity contribution in [2.45, 2.75) is 6.42 Å². The fourth-order valence-electron chi connectivity index (χ4n) is 1.65. The number of hydrogen-bond donors (Lipinski definition) is 1. The molecule has 86 valence electrons. The summed E-state index contributed by atoms with van der Waals surface area (Å²) in [6.45, 7) is 0. The van der Waals surface area contributed by atoms with Crippen molar-refractivity contribution in [3.8, 4) is 0 Å². The molecule has 0 amide bonds. The fraction of sp³-hybridized carbons (Fsp3) is 0.0714. The summed E-state index contributed by atoms with van der Waals surface area (Å²) in [7, 11) is 0. The van der Waals surface area contributed by atoms with Crippen LogP contribution in [0.2, 0.25) is 0 Å². The maximum absolute atomic E-state index is 13.5. The van der Waals surface area contributed by atoms with Gasteiger partial charge in [0, 0.05) is 6.42 Å². The lowest BCUT2D eigenvalue weighted by atomic mass is 10.0. The van der Waals surface area contributed by atoms with Crippen molar-refractivity contribution in [2.75, 3.05) is 0 Å². The Bertz CT molecular complexity index is 523. The number of oxime groups is 1. The third kappa shape index (κ3) is 2.69. The van der Waals surface area contributed by atoms with E-state index in [1.165, 1.54) is 6.07 Å². The van der Waals surface area contributed by atoms with Gasteiger partial charge in [-0.3, -0.25) is 0 Å². The second-order valence-electron chi connectivity index (χ2n) is 3.68. The van der Waals surface area contributed by atoms with Gasteiger partial charge in [0.15, 0.2) is 0 Å². The predicted octanol–water partition coefficient (Wildman–Crippen LogP) is 3.25. The highest BCUT2D eigenvalue weighted by Crippen LogP contribution is 2.11. The summed E-state index contributed by atoms with van der Waals surface area (Å²) in [5.74, 6) is -0.287. The minimum atomic E-state index is -0.287. The first kappa shape index (κ1) is 11.3. The van der Waals surface area contributed by atoms with Gasteiger partial charge in [-0.15, -0.1) is 0 Å². The number of rotatable bonds is 3. The second kappa shape index (κ2) is 5.25. The van der Waals surface area contributed by atoms with Crippen LogP contribution in [-0.4, -0.2) is 10.9 Å². The molecule has 0 heterocycles. The third-order valence-corrected chi connectivity index (χ3v) is 2.54. The van der Waals surface area contributed by atoms with Gasteiger partial charge in [0.05, 0.1) is 5.71 Å². The van der Waals surface area contributed by atoms with Crippen LogP contribution < -0.4 is 0 Å². The van der Waals surface area contributed by atoms with Gasteiger partial charge in [-0.2, -0.15) is 0 Å². The highest BCUT2D eigenvalue weighted by atomic mass is 19.1. The van der Waals surface area contributed by atoms with Crippen LogP contribution in [0.5, 0.6) is 0 Å². The van der Waals surface area contributed by atoms with Gasteiger partial charge in [-0.25, -0.2) is 4.39 Å². The Morgan fingerprint density at radius 1 is 1.00 bits per heavy atom. The summed E-state index contributed by atoms with van der Waals surface area (Å²) in [6.07, 6.45) is 0.271. The average Bonchev–Trinajstić information content (AvgIpc) is 2.39. The quantitative estimate of drug-likeness (QED) is 0.489. The van der Waals surface area contributed by atoms with Crippen molar-refractivity contribution in [3.63, 3.8) is 0 Å². The normalized spacial score (nSPS) is 11.5. The van der Waals surface area contributed by atoms with Gasteiger partial charge in [-0.05, 0) is 17.2 Å². The smallest absolute Gasteiger partial charge is 0.126 e. The van der Waals surface area contributed by atoms with E-state index in [2.05, 4.69) is 5.16 Å². The molecule has 0 aliphatic rings. The minimum absolute atomic E-state index is 0.271. The first-order valence-corrected chi connectivity index (χ1v) is 5.31. The van der Waals surface area contributed by atoms with E-state index in [-0.39, 0.29) is 12.2 Å². The molecule has 1 N–H and O–H groups in total. The molecule has 0 spiro atoms. The molecule has 0 radical (unpaired) electrons. The molecule has 0 atom stereocenters. The molecule has 0 aliphatic heterocycles. The van der Waals surface area contributed by atoms with Crippen molar-refractivity contribution in [3.05, 3.63) is 71.5 Å².